The van der Waals surface area contributed by atoms with Crippen LogP contribution in [0, 0.1) is 17.3 Å². The van der Waals surface area contributed by atoms with Crippen LogP contribution in [-0.2, 0) is 14.3 Å². The molecule has 1 saturated heterocycles. The third-order valence-electron chi connectivity index (χ3n) is 5.66. The predicted octanol–water partition coefficient (Wildman–Crippen LogP) is 1.42. The van der Waals surface area contributed by atoms with E-state index in [1.165, 1.54) is 5.57 Å². The van der Waals surface area contributed by atoms with Gasteiger partial charge in [-0.25, -0.2) is 0 Å². The Morgan fingerprint density at radius 2 is 2.11 bits per heavy atom. The molecular weight excluding hydrogens is 244 g/mol. The summed E-state index contributed by atoms with van der Waals surface area (Å²) in [5.41, 5.74) is 0.0109. The van der Waals surface area contributed by atoms with E-state index in [4.69, 9.17) is 9.47 Å². The van der Waals surface area contributed by atoms with Crippen molar-refractivity contribution in [3.8, 4) is 0 Å². The van der Waals surface area contributed by atoms with E-state index in [0.717, 1.165) is 12.2 Å². The molecule has 3 heterocycles. The van der Waals surface area contributed by atoms with E-state index >= 15 is 0 Å². The van der Waals surface area contributed by atoms with Crippen molar-refractivity contribution in [3.63, 3.8) is 0 Å². The van der Waals surface area contributed by atoms with Crippen molar-refractivity contribution in [2.45, 2.75) is 51.4 Å². The third kappa shape index (κ3) is 1.12. The Labute approximate surface area is 112 Å². The summed E-state index contributed by atoms with van der Waals surface area (Å²) in [5.74, 6) is 0.962. The van der Waals surface area contributed by atoms with E-state index in [-0.39, 0.29) is 29.1 Å². The fraction of sp³-hybridized carbons (Fsp3) is 0.800. The van der Waals surface area contributed by atoms with Crippen LogP contribution in [0.2, 0.25) is 0 Å². The molecule has 5 atom stereocenters. The van der Waals surface area contributed by atoms with Crippen molar-refractivity contribution in [1.82, 2.24) is 0 Å². The minimum atomic E-state index is -0.817. The van der Waals surface area contributed by atoms with Crippen molar-refractivity contribution >= 4 is 5.78 Å². The molecule has 1 unspecified atom stereocenters. The maximum absolute atomic E-state index is 12.6. The van der Waals surface area contributed by atoms with Gasteiger partial charge in [0.1, 0.15) is 11.4 Å². The highest BCUT2D eigenvalue weighted by atomic mass is 16.6. The first-order valence-corrected chi connectivity index (χ1v) is 7.14. The Morgan fingerprint density at radius 1 is 1.37 bits per heavy atom. The normalized spacial score (nSPS) is 50.2. The molecule has 0 aromatic carbocycles. The molecule has 2 bridgehead atoms. The van der Waals surface area contributed by atoms with Crippen molar-refractivity contribution in [1.29, 1.82) is 0 Å². The minimum Gasteiger partial charge on any atom is -0.497 e. The first-order valence-electron chi connectivity index (χ1n) is 7.14. The fourth-order valence-electron chi connectivity index (χ4n) is 4.60. The topological polar surface area (TPSA) is 55.8 Å². The lowest BCUT2D eigenvalue weighted by molar-refractivity contribution is -0.309. The minimum absolute atomic E-state index is 0.0572. The van der Waals surface area contributed by atoms with Gasteiger partial charge in [-0.2, -0.15) is 0 Å². The van der Waals surface area contributed by atoms with E-state index < -0.39 is 11.7 Å². The lowest BCUT2D eigenvalue weighted by Crippen LogP contribution is -2.78. The third-order valence-corrected chi connectivity index (χ3v) is 5.66. The van der Waals surface area contributed by atoms with Gasteiger partial charge in [-0.05, 0) is 5.41 Å². The number of ether oxygens (including phenoxy) is 2. The highest BCUT2D eigenvalue weighted by molar-refractivity contribution is 5.92. The molecule has 0 amide bonds. The summed E-state index contributed by atoms with van der Waals surface area (Å²) in [7, 11) is 0. The number of carbonyl (C=O) groups excluding carboxylic acids is 1. The van der Waals surface area contributed by atoms with Crippen LogP contribution in [-0.4, -0.2) is 35.3 Å². The van der Waals surface area contributed by atoms with Crippen LogP contribution in [0.5, 0.6) is 0 Å². The predicted molar refractivity (Wildman–Crippen MR) is 67.3 cm³/mol. The van der Waals surface area contributed by atoms with E-state index in [1.54, 1.807) is 0 Å². The van der Waals surface area contributed by atoms with E-state index in [2.05, 4.69) is 0 Å². The molecule has 0 aromatic rings. The SMILES string of the molecule is C[C@H]1C2=C(CCO2)C2O[C@]13C(=O)CC(C)(C)[C@@H](O)[C@@H]23. The number of ketones is 1. The van der Waals surface area contributed by atoms with Crippen LogP contribution in [0.1, 0.15) is 33.6 Å². The summed E-state index contributed by atoms with van der Waals surface area (Å²) >= 11 is 0. The van der Waals surface area contributed by atoms with E-state index in [9.17, 15) is 9.90 Å². The number of Topliss-reactive ketones (excluding diaryl/α,β-unsaturated/α-hetero) is 1. The van der Waals surface area contributed by atoms with Crippen LogP contribution in [0.3, 0.4) is 0 Å². The maximum Gasteiger partial charge on any atom is 0.166 e. The number of carbonyl (C=O) groups is 1. The zero-order valence-corrected chi connectivity index (χ0v) is 11.6. The summed E-state index contributed by atoms with van der Waals surface area (Å²) < 4.78 is 11.7. The molecule has 2 fully saturated rings. The van der Waals surface area contributed by atoms with Gasteiger partial charge in [0.2, 0.25) is 0 Å². The molecule has 0 aromatic heterocycles. The molecule has 1 N–H and O–H groups in total. The highest BCUT2D eigenvalue weighted by Crippen LogP contribution is 2.63. The molecule has 104 valence electrons. The number of aliphatic hydroxyl groups excluding tert-OH is 1. The van der Waals surface area contributed by atoms with Gasteiger partial charge in [0.15, 0.2) is 5.78 Å². The zero-order chi connectivity index (χ0) is 13.6. The van der Waals surface area contributed by atoms with Gasteiger partial charge >= 0.3 is 0 Å². The first kappa shape index (κ1) is 11.9. The zero-order valence-electron chi connectivity index (χ0n) is 11.6. The maximum atomic E-state index is 12.6. The first-order chi connectivity index (χ1) is 8.89. The van der Waals surface area contributed by atoms with Crippen LogP contribution in [0.25, 0.3) is 0 Å². The van der Waals surface area contributed by atoms with Crippen LogP contribution >= 0.6 is 0 Å². The molecule has 3 aliphatic heterocycles. The van der Waals surface area contributed by atoms with Gasteiger partial charge in [-0.3, -0.25) is 4.79 Å². The summed E-state index contributed by atoms with van der Waals surface area (Å²) in [6.07, 6.45) is 0.663. The second-order valence-electron chi connectivity index (χ2n) is 7.10. The quantitative estimate of drug-likeness (QED) is 0.719. The van der Waals surface area contributed by atoms with Crippen LogP contribution in [0.4, 0.5) is 0 Å². The molecule has 5 rings (SSSR count). The highest BCUT2D eigenvalue weighted by Gasteiger charge is 2.74. The Kier molecular flexibility index (Phi) is 2.03. The Bertz CT molecular complexity index is 506. The molecular formula is C15H20O4. The monoisotopic (exact) mass is 264 g/mol. The number of hydrogen-bond donors (Lipinski definition) is 1. The fourth-order valence-corrected chi connectivity index (χ4v) is 4.60. The number of rotatable bonds is 0. The van der Waals surface area contributed by atoms with Crippen molar-refractivity contribution in [2.75, 3.05) is 6.61 Å². The van der Waals surface area contributed by atoms with Crippen LogP contribution in [0.15, 0.2) is 11.3 Å². The van der Waals surface area contributed by atoms with Gasteiger partial charge in [0, 0.05) is 18.4 Å². The lowest BCUT2D eigenvalue weighted by atomic mass is 9.50. The molecule has 2 aliphatic carbocycles. The van der Waals surface area contributed by atoms with Crippen molar-refractivity contribution < 1.29 is 19.4 Å². The largest absolute Gasteiger partial charge is 0.497 e. The van der Waals surface area contributed by atoms with Crippen molar-refractivity contribution in [3.05, 3.63) is 11.3 Å². The smallest absolute Gasteiger partial charge is 0.166 e. The van der Waals surface area contributed by atoms with E-state index in [0.29, 0.717) is 13.0 Å². The number of hydrogen-bond acceptors (Lipinski definition) is 4. The average molecular weight is 264 g/mol. The van der Waals surface area contributed by atoms with E-state index in [1.807, 2.05) is 20.8 Å². The molecule has 19 heavy (non-hydrogen) atoms. The molecule has 1 saturated carbocycles. The molecule has 1 spiro atoms. The van der Waals surface area contributed by atoms with Crippen molar-refractivity contribution in [2.24, 2.45) is 17.3 Å². The Balaban J connectivity index is 1.85. The Hall–Kier alpha value is -0.870. The van der Waals surface area contributed by atoms with Gasteiger partial charge < -0.3 is 14.6 Å². The second-order valence-corrected chi connectivity index (χ2v) is 7.10. The standard InChI is InChI=1S/C15H20O4/c1-7-11-8(4-5-18-11)12-10-13(17)14(2,3)6-9(16)15(7,10)19-12/h7,10,12-13,17H,4-6H2,1-3H3/t7-,10+,12?,13-,15-/m0/s1. The summed E-state index contributed by atoms with van der Waals surface area (Å²) in [6, 6.07) is 0. The second kappa shape index (κ2) is 3.23. The number of aliphatic hydroxyl groups is 1. The van der Waals surface area contributed by atoms with Crippen LogP contribution < -0.4 is 0 Å². The molecule has 4 heteroatoms. The summed E-state index contributed by atoms with van der Waals surface area (Å²) in [4.78, 5) is 12.6. The summed E-state index contributed by atoms with van der Waals surface area (Å²) in [5, 5.41) is 10.7. The average Bonchev–Trinajstić information content (AvgIpc) is 2.75. The van der Waals surface area contributed by atoms with Gasteiger partial charge in [-0.15, -0.1) is 0 Å². The molecule has 0 radical (unpaired) electrons. The van der Waals surface area contributed by atoms with Gasteiger partial charge in [-0.1, -0.05) is 20.8 Å². The molecule has 4 nitrogen and oxygen atoms in total. The lowest BCUT2D eigenvalue weighted by Gasteiger charge is -2.65. The molecule has 5 aliphatic rings. The van der Waals surface area contributed by atoms with Gasteiger partial charge in [0.05, 0.1) is 30.7 Å². The summed E-state index contributed by atoms with van der Waals surface area (Å²) in [6.45, 7) is 6.64. The Morgan fingerprint density at radius 3 is 2.84 bits per heavy atom. The van der Waals surface area contributed by atoms with Gasteiger partial charge in [0.25, 0.3) is 0 Å².